The average molecular weight is 542 g/mol. The van der Waals surface area contributed by atoms with Gasteiger partial charge in [0.15, 0.2) is 0 Å². The van der Waals surface area contributed by atoms with Gasteiger partial charge in [-0.3, -0.25) is 19.5 Å². The molecule has 2 aromatic carbocycles. The predicted octanol–water partition coefficient (Wildman–Crippen LogP) is 4.99. The zero-order valence-corrected chi connectivity index (χ0v) is 23.7. The van der Waals surface area contributed by atoms with E-state index in [4.69, 9.17) is 0 Å². The van der Waals surface area contributed by atoms with Crippen molar-refractivity contribution in [3.8, 4) is 5.69 Å². The lowest BCUT2D eigenvalue weighted by atomic mass is 9.91. The molecule has 1 fully saturated rings. The van der Waals surface area contributed by atoms with E-state index in [0.717, 1.165) is 48.1 Å². The van der Waals surface area contributed by atoms with Crippen LogP contribution in [0.15, 0.2) is 61.1 Å². The molecule has 0 spiro atoms. The predicted molar refractivity (Wildman–Crippen MR) is 155 cm³/mol. The molecule has 0 aliphatic carbocycles. The second-order valence-electron chi connectivity index (χ2n) is 11.1. The third-order valence-corrected chi connectivity index (χ3v) is 7.89. The van der Waals surface area contributed by atoms with Crippen molar-refractivity contribution in [2.24, 2.45) is 5.92 Å². The Kier molecular flexibility index (Phi) is 7.72. The summed E-state index contributed by atoms with van der Waals surface area (Å²) >= 11 is 0. The van der Waals surface area contributed by atoms with E-state index in [1.165, 1.54) is 17.7 Å². The van der Waals surface area contributed by atoms with Crippen LogP contribution >= 0.6 is 0 Å². The number of amides is 2. The molecule has 2 aromatic heterocycles. The molecule has 1 N–H and O–H groups in total. The van der Waals surface area contributed by atoms with Crippen LogP contribution in [0.4, 0.5) is 4.39 Å². The summed E-state index contributed by atoms with van der Waals surface area (Å²) in [6, 6.07) is 12.2. The number of fused-ring (bicyclic) bond motifs is 1. The number of nitrogens with zero attached hydrogens (tertiary/aromatic N) is 4. The molecule has 0 unspecified atom stereocenters. The molecule has 40 heavy (non-hydrogen) atoms. The molecule has 0 atom stereocenters. The number of nitrogens with one attached hydrogen (secondary N) is 1. The van der Waals surface area contributed by atoms with Crippen molar-refractivity contribution in [2.45, 2.75) is 39.8 Å². The van der Waals surface area contributed by atoms with Crippen molar-refractivity contribution in [3.63, 3.8) is 0 Å². The first-order valence-electron chi connectivity index (χ1n) is 13.7. The van der Waals surface area contributed by atoms with Gasteiger partial charge >= 0.3 is 0 Å². The van der Waals surface area contributed by atoms with Gasteiger partial charge in [-0.2, -0.15) is 0 Å². The first-order chi connectivity index (χ1) is 19.2. The van der Waals surface area contributed by atoms with Crippen LogP contribution in [0.3, 0.4) is 0 Å². The Hall–Kier alpha value is -4.04. The number of hydrogen-bond acceptors (Lipinski definition) is 4. The van der Waals surface area contributed by atoms with E-state index in [0.29, 0.717) is 22.7 Å². The molecule has 4 aromatic rings. The Morgan fingerprint density at radius 2 is 1.93 bits per heavy atom. The standard InChI is InChI=1S/C32H36FN5O2/c1-20(2)36(5)32(40)27-13-26(33)9-10-28(27)38-19-25(30-21(3)14-35-15-29(30)38)12-23-17-37(18-23)16-22-7-6-8-24(11-22)31(39)34-4/h6-11,13-15,19-20,23H,12,16-18H2,1-5H3,(H,34,39). The van der Waals surface area contributed by atoms with Gasteiger partial charge in [-0.05, 0) is 80.1 Å². The maximum atomic E-state index is 14.4. The fourth-order valence-electron chi connectivity index (χ4n) is 5.57. The zero-order chi connectivity index (χ0) is 28.6. The molecule has 7 nitrogen and oxygen atoms in total. The zero-order valence-electron chi connectivity index (χ0n) is 23.7. The van der Waals surface area contributed by atoms with Gasteiger partial charge in [-0.25, -0.2) is 4.39 Å². The van der Waals surface area contributed by atoms with Crippen LogP contribution in [-0.2, 0) is 13.0 Å². The lowest BCUT2D eigenvalue weighted by Crippen LogP contribution is -2.46. The van der Waals surface area contributed by atoms with Crippen LogP contribution in [0.5, 0.6) is 0 Å². The summed E-state index contributed by atoms with van der Waals surface area (Å²) in [6.07, 6.45) is 6.67. The summed E-state index contributed by atoms with van der Waals surface area (Å²) in [6.45, 7) is 8.65. The third-order valence-electron chi connectivity index (χ3n) is 7.89. The van der Waals surface area contributed by atoms with Crippen LogP contribution in [-0.4, -0.2) is 64.4 Å². The first-order valence-corrected chi connectivity index (χ1v) is 13.7. The molecule has 1 aliphatic heterocycles. The monoisotopic (exact) mass is 541 g/mol. The van der Waals surface area contributed by atoms with Crippen molar-refractivity contribution >= 4 is 22.7 Å². The summed E-state index contributed by atoms with van der Waals surface area (Å²) in [5.74, 6) is -0.254. The molecular formula is C32H36FN5O2. The number of pyridine rings is 1. The Bertz CT molecular complexity index is 1570. The number of aryl methyl sites for hydroxylation is 1. The summed E-state index contributed by atoms with van der Waals surface area (Å²) in [5.41, 5.74) is 5.95. The van der Waals surface area contributed by atoms with E-state index < -0.39 is 5.82 Å². The summed E-state index contributed by atoms with van der Waals surface area (Å²) in [4.78, 5) is 33.8. The Labute approximate surface area is 234 Å². The van der Waals surface area contributed by atoms with Gasteiger partial charge < -0.3 is 14.8 Å². The minimum absolute atomic E-state index is 0.0164. The average Bonchev–Trinajstić information content (AvgIpc) is 3.29. The molecule has 208 valence electrons. The molecule has 0 bridgehead atoms. The second-order valence-corrected chi connectivity index (χ2v) is 11.1. The molecule has 8 heteroatoms. The Morgan fingerprint density at radius 3 is 2.65 bits per heavy atom. The van der Waals surface area contributed by atoms with Crippen molar-refractivity contribution in [2.75, 3.05) is 27.2 Å². The molecule has 0 saturated carbocycles. The number of benzene rings is 2. The van der Waals surface area contributed by atoms with Gasteiger partial charge in [0.2, 0.25) is 0 Å². The van der Waals surface area contributed by atoms with E-state index in [1.54, 1.807) is 25.1 Å². The lowest BCUT2D eigenvalue weighted by Gasteiger charge is -2.39. The minimum atomic E-state index is -0.439. The maximum Gasteiger partial charge on any atom is 0.256 e. The third kappa shape index (κ3) is 5.36. The topological polar surface area (TPSA) is 70.5 Å². The van der Waals surface area contributed by atoms with E-state index in [-0.39, 0.29) is 17.9 Å². The molecule has 5 rings (SSSR count). The fourth-order valence-corrected chi connectivity index (χ4v) is 5.57. The summed E-state index contributed by atoms with van der Waals surface area (Å²) in [5, 5.41) is 3.81. The molecular weight excluding hydrogens is 505 g/mol. The van der Waals surface area contributed by atoms with E-state index in [2.05, 4.69) is 34.4 Å². The van der Waals surface area contributed by atoms with E-state index >= 15 is 0 Å². The fraction of sp³-hybridized carbons (Fsp3) is 0.344. The van der Waals surface area contributed by atoms with Crippen molar-refractivity contribution < 1.29 is 14.0 Å². The molecule has 1 saturated heterocycles. The van der Waals surface area contributed by atoms with E-state index in [1.807, 2.05) is 49.0 Å². The maximum absolute atomic E-state index is 14.4. The van der Waals surface area contributed by atoms with Gasteiger partial charge in [0.1, 0.15) is 5.82 Å². The minimum Gasteiger partial charge on any atom is -0.355 e. The molecule has 1 aliphatic rings. The number of hydrogen-bond donors (Lipinski definition) is 1. The summed E-state index contributed by atoms with van der Waals surface area (Å²) in [7, 11) is 3.38. The van der Waals surface area contributed by atoms with Gasteiger partial charge in [-0.15, -0.1) is 0 Å². The number of carbonyl (C=O) groups is 2. The normalized spacial score (nSPS) is 14.0. The molecule has 0 radical (unpaired) electrons. The van der Waals surface area contributed by atoms with Crippen LogP contribution in [0.1, 0.15) is 51.3 Å². The van der Waals surface area contributed by atoms with Crippen LogP contribution < -0.4 is 5.32 Å². The molecule has 2 amide bonds. The van der Waals surface area contributed by atoms with Gasteiger partial charge in [0, 0.05) is 63.1 Å². The SMILES string of the molecule is CNC(=O)c1cccc(CN2CC(Cc3cn(-c4ccc(F)cc4C(=O)N(C)C(C)C)c4cncc(C)c34)C2)c1. The number of aromatic nitrogens is 2. The highest BCUT2D eigenvalue weighted by molar-refractivity contribution is 5.99. The largest absolute Gasteiger partial charge is 0.355 e. The Morgan fingerprint density at radius 1 is 1.15 bits per heavy atom. The quantitative estimate of drug-likeness (QED) is 0.341. The number of carbonyl (C=O) groups excluding carboxylic acids is 2. The van der Waals surface area contributed by atoms with Crippen molar-refractivity contribution in [1.29, 1.82) is 0 Å². The highest BCUT2D eigenvalue weighted by Gasteiger charge is 2.29. The van der Waals surface area contributed by atoms with Gasteiger partial charge in [0.25, 0.3) is 11.8 Å². The molecule has 3 heterocycles. The number of likely N-dealkylation sites (tertiary alicyclic amines) is 1. The highest BCUT2D eigenvalue weighted by atomic mass is 19.1. The van der Waals surface area contributed by atoms with Gasteiger partial charge in [0.05, 0.1) is 23.0 Å². The van der Waals surface area contributed by atoms with Gasteiger partial charge in [-0.1, -0.05) is 12.1 Å². The van der Waals surface area contributed by atoms with Crippen molar-refractivity contribution in [1.82, 2.24) is 24.7 Å². The number of rotatable bonds is 8. The van der Waals surface area contributed by atoms with Crippen LogP contribution in [0.2, 0.25) is 0 Å². The Balaban J connectivity index is 1.40. The summed E-state index contributed by atoms with van der Waals surface area (Å²) < 4.78 is 16.3. The number of halogens is 1. The van der Waals surface area contributed by atoms with Crippen molar-refractivity contribution in [3.05, 3.63) is 94.7 Å². The second kappa shape index (κ2) is 11.2. The smallest absolute Gasteiger partial charge is 0.256 e. The lowest BCUT2D eigenvalue weighted by molar-refractivity contribution is 0.0754. The first kappa shape index (κ1) is 27.5. The van der Waals surface area contributed by atoms with E-state index in [9.17, 15) is 14.0 Å². The van der Waals surface area contributed by atoms with Crippen LogP contribution in [0, 0.1) is 18.7 Å². The van der Waals surface area contributed by atoms with Crippen LogP contribution in [0.25, 0.3) is 16.6 Å². The highest BCUT2D eigenvalue weighted by Crippen LogP contribution is 2.33.